The summed E-state index contributed by atoms with van der Waals surface area (Å²) in [5, 5.41) is 8.19. The van der Waals surface area contributed by atoms with Gasteiger partial charge in [-0.15, -0.1) is 0 Å². The summed E-state index contributed by atoms with van der Waals surface area (Å²) in [5.74, 6) is -1.28. The van der Waals surface area contributed by atoms with E-state index in [9.17, 15) is 9.59 Å². The van der Waals surface area contributed by atoms with E-state index >= 15 is 0 Å². The average Bonchev–Trinajstić information content (AvgIpc) is 1.80. The summed E-state index contributed by atoms with van der Waals surface area (Å²) in [5.41, 5.74) is -0.494. The van der Waals surface area contributed by atoms with Gasteiger partial charge in [-0.1, -0.05) is 20.8 Å². The maximum absolute atomic E-state index is 11.0. The zero-order valence-electron chi connectivity index (χ0n) is 6.92. The summed E-state index contributed by atoms with van der Waals surface area (Å²) in [6.45, 7) is 5.21. The van der Waals surface area contributed by atoms with E-state index in [0.29, 0.717) is 0 Å². The monoisotopic (exact) mass is 156 g/mol. The summed E-state index contributed by atoms with van der Waals surface area (Å²) in [7, 11) is 0. The first-order valence-electron chi connectivity index (χ1n) is 3.29. The molecule has 1 N–H and O–H groups in total. The first-order valence-corrected chi connectivity index (χ1v) is 3.29. The van der Waals surface area contributed by atoms with E-state index in [1.54, 1.807) is 20.8 Å². The van der Waals surface area contributed by atoms with Crippen molar-refractivity contribution in [2.24, 2.45) is 5.41 Å². The number of allylic oxidation sites excluding steroid dienone is 1. The van der Waals surface area contributed by atoms with E-state index in [4.69, 9.17) is 5.11 Å². The molecule has 0 fully saturated rings. The van der Waals surface area contributed by atoms with Crippen molar-refractivity contribution in [2.75, 3.05) is 0 Å². The van der Waals surface area contributed by atoms with E-state index in [0.717, 1.165) is 12.2 Å². The number of hydrogen-bond donors (Lipinski definition) is 1. The Bertz CT molecular complexity index is 196. The van der Waals surface area contributed by atoms with Crippen LogP contribution in [0.25, 0.3) is 0 Å². The molecule has 3 nitrogen and oxygen atoms in total. The fourth-order valence-electron chi connectivity index (χ4n) is 0.397. The van der Waals surface area contributed by atoms with Crippen LogP contribution in [0.1, 0.15) is 20.8 Å². The largest absolute Gasteiger partial charge is 0.478 e. The van der Waals surface area contributed by atoms with Crippen molar-refractivity contribution in [1.29, 1.82) is 0 Å². The lowest BCUT2D eigenvalue weighted by Gasteiger charge is -2.12. The summed E-state index contributed by atoms with van der Waals surface area (Å²) in [6, 6.07) is 0. The highest BCUT2D eigenvalue weighted by molar-refractivity contribution is 5.98. The fourth-order valence-corrected chi connectivity index (χ4v) is 0.397. The summed E-state index contributed by atoms with van der Waals surface area (Å²) in [4.78, 5) is 21.0. The van der Waals surface area contributed by atoms with Gasteiger partial charge in [-0.05, 0) is 6.08 Å². The Labute approximate surface area is 65.7 Å². The number of carbonyl (C=O) groups is 2. The Kier molecular flexibility index (Phi) is 2.99. The fraction of sp³-hybridized carbons (Fsp3) is 0.500. The highest BCUT2D eigenvalue weighted by Gasteiger charge is 2.17. The molecule has 0 saturated heterocycles. The highest BCUT2D eigenvalue weighted by Crippen LogP contribution is 2.14. The van der Waals surface area contributed by atoms with Gasteiger partial charge < -0.3 is 5.11 Å². The summed E-state index contributed by atoms with van der Waals surface area (Å²) < 4.78 is 0. The number of carboxylic acid groups (broad SMARTS) is 1. The van der Waals surface area contributed by atoms with Gasteiger partial charge in [-0.25, -0.2) is 4.79 Å². The molecule has 0 saturated carbocycles. The van der Waals surface area contributed by atoms with Gasteiger partial charge in [0.25, 0.3) is 0 Å². The van der Waals surface area contributed by atoms with Crippen molar-refractivity contribution >= 4 is 11.8 Å². The number of aliphatic carboxylic acids is 1. The van der Waals surface area contributed by atoms with Crippen molar-refractivity contribution in [3.63, 3.8) is 0 Å². The first kappa shape index (κ1) is 9.88. The zero-order valence-corrected chi connectivity index (χ0v) is 6.92. The normalized spacial score (nSPS) is 11.9. The van der Waals surface area contributed by atoms with Crippen molar-refractivity contribution in [1.82, 2.24) is 0 Å². The second-order valence-corrected chi connectivity index (χ2v) is 3.29. The van der Waals surface area contributed by atoms with Crippen LogP contribution in [0.2, 0.25) is 0 Å². The van der Waals surface area contributed by atoms with Crippen LogP contribution < -0.4 is 0 Å². The molecule has 0 aromatic heterocycles. The van der Waals surface area contributed by atoms with Crippen molar-refractivity contribution in [3.8, 4) is 0 Å². The minimum absolute atomic E-state index is 0.181. The van der Waals surface area contributed by atoms with Gasteiger partial charge in [0.1, 0.15) is 0 Å². The second kappa shape index (κ2) is 3.32. The van der Waals surface area contributed by atoms with Crippen LogP contribution in [0.5, 0.6) is 0 Å². The van der Waals surface area contributed by atoms with Crippen LogP contribution in [-0.2, 0) is 9.59 Å². The second-order valence-electron chi connectivity index (χ2n) is 3.29. The molecule has 0 amide bonds. The molecule has 0 aromatic carbocycles. The Morgan fingerprint density at radius 1 is 1.18 bits per heavy atom. The molecular weight excluding hydrogens is 144 g/mol. The van der Waals surface area contributed by atoms with Gasteiger partial charge in [0.2, 0.25) is 0 Å². The molecule has 11 heavy (non-hydrogen) atoms. The molecule has 0 atom stereocenters. The molecule has 0 aromatic rings. The quantitative estimate of drug-likeness (QED) is 0.612. The molecule has 0 aliphatic rings. The minimum Gasteiger partial charge on any atom is -0.478 e. The predicted octanol–water partition coefficient (Wildman–Crippen LogP) is 1.24. The van der Waals surface area contributed by atoms with Crippen LogP contribution in [-0.4, -0.2) is 16.9 Å². The maximum atomic E-state index is 11.0. The number of rotatable bonds is 2. The molecule has 0 aliphatic carbocycles. The lowest BCUT2D eigenvalue weighted by atomic mass is 9.91. The van der Waals surface area contributed by atoms with Crippen LogP contribution in [0.15, 0.2) is 12.2 Å². The molecule has 0 aliphatic heterocycles. The molecule has 62 valence electrons. The van der Waals surface area contributed by atoms with Crippen molar-refractivity contribution in [3.05, 3.63) is 12.2 Å². The predicted molar refractivity (Wildman–Crippen MR) is 41.2 cm³/mol. The molecule has 0 radical (unpaired) electrons. The van der Waals surface area contributed by atoms with Gasteiger partial charge in [-0.2, -0.15) is 0 Å². The number of hydrogen-bond acceptors (Lipinski definition) is 2. The smallest absolute Gasteiger partial charge is 0.328 e. The van der Waals surface area contributed by atoms with Crippen molar-refractivity contribution in [2.45, 2.75) is 20.8 Å². The van der Waals surface area contributed by atoms with E-state index in [1.165, 1.54) is 0 Å². The van der Waals surface area contributed by atoms with E-state index in [-0.39, 0.29) is 5.78 Å². The Morgan fingerprint density at radius 3 is 1.91 bits per heavy atom. The molecule has 0 spiro atoms. The maximum Gasteiger partial charge on any atom is 0.328 e. The van der Waals surface area contributed by atoms with Crippen LogP contribution in [0.3, 0.4) is 0 Å². The summed E-state index contributed by atoms with van der Waals surface area (Å²) >= 11 is 0. The third-order valence-corrected chi connectivity index (χ3v) is 1.12. The van der Waals surface area contributed by atoms with Gasteiger partial charge in [0.15, 0.2) is 5.78 Å². The average molecular weight is 156 g/mol. The molecule has 0 bridgehead atoms. The van der Waals surface area contributed by atoms with Crippen molar-refractivity contribution < 1.29 is 14.7 Å². The molecular formula is C8H12O3. The third kappa shape index (κ3) is 4.31. The lowest BCUT2D eigenvalue weighted by molar-refractivity contribution is -0.132. The molecule has 0 unspecified atom stereocenters. The van der Waals surface area contributed by atoms with E-state index in [1.807, 2.05) is 0 Å². The van der Waals surface area contributed by atoms with Gasteiger partial charge in [0.05, 0.1) is 0 Å². The first-order chi connectivity index (χ1) is 4.84. The third-order valence-electron chi connectivity index (χ3n) is 1.12. The number of ketones is 1. The molecule has 0 rings (SSSR count). The lowest BCUT2D eigenvalue weighted by Crippen LogP contribution is -2.17. The Balaban J connectivity index is 4.20. The SMILES string of the molecule is CC(C)(C)C(=O)/C=C/C(=O)O. The number of carbonyl (C=O) groups excluding carboxylic acids is 1. The van der Waals surface area contributed by atoms with Crippen LogP contribution in [0, 0.1) is 5.41 Å². The van der Waals surface area contributed by atoms with E-state index < -0.39 is 11.4 Å². The minimum atomic E-state index is -1.09. The topological polar surface area (TPSA) is 54.4 Å². The molecule has 3 heteroatoms. The molecule has 0 heterocycles. The van der Waals surface area contributed by atoms with Gasteiger partial charge >= 0.3 is 5.97 Å². The Morgan fingerprint density at radius 2 is 1.64 bits per heavy atom. The highest BCUT2D eigenvalue weighted by atomic mass is 16.4. The Hall–Kier alpha value is -1.12. The van der Waals surface area contributed by atoms with Crippen LogP contribution in [0.4, 0.5) is 0 Å². The zero-order chi connectivity index (χ0) is 9.07. The van der Waals surface area contributed by atoms with E-state index in [2.05, 4.69) is 0 Å². The van der Waals surface area contributed by atoms with Crippen LogP contribution >= 0.6 is 0 Å². The standard InChI is InChI=1S/C8H12O3/c1-8(2,3)6(9)4-5-7(10)11/h4-5H,1-3H3,(H,10,11)/b5-4+. The van der Waals surface area contributed by atoms with Gasteiger partial charge in [-0.3, -0.25) is 4.79 Å². The summed E-state index contributed by atoms with van der Waals surface area (Å²) in [6.07, 6.45) is 1.94. The number of carboxylic acids is 1. The van der Waals surface area contributed by atoms with Gasteiger partial charge in [0, 0.05) is 11.5 Å².